The molecule has 0 atom stereocenters. The van der Waals surface area contributed by atoms with Crippen molar-refractivity contribution in [2.45, 2.75) is 6.92 Å². The summed E-state index contributed by atoms with van der Waals surface area (Å²) in [5, 5.41) is 3.26. The van der Waals surface area contributed by atoms with Crippen LogP contribution in [0, 0.1) is 0 Å². The minimum Gasteiger partial charge on any atom is -0.384 e. The molecule has 4 heteroatoms. The average molecular weight is 220 g/mol. The van der Waals surface area contributed by atoms with Crippen molar-refractivity contribution in [2.75, 3.05) is 50.0 Å². The summed E-state index contributed by atoms with van der Waals surface area (Å²) >= 11 is 0. The molecule has 0 unspecified atom stereocenters. The van der Waals surface area contributed by atoms with Gasteiger partial charge in [-0.3, -0.25) is 0 Å². The fourth-order valence-corrected chi connectivity index (χ4v) is 1.92. The summed E-state index contributed by atoms with van der Waals surface area (Å²) in [4.78, 5) is 9.18. The van der Waals surface area contributed by atoms with Crippen LogP contribution in [0.4, 0.5) is 11.5 Å². The maximum absolute atomic E-state index is 4.49. The first-order chi connectivity index (χ1) is 7.79. The van der Waals surface area contributed by atoms with Gasteiger partial charge in [0.2, 0.25) is 0 Å². The Morgan fingerprint density at radius 1 is 1.25 bits per heavy atom. The van der Waals surface area contributed by atoms with Crippen molar-refractivity contribution in [3.8, 4) is 0 Å². The quantitative estimate of drug-likeness (QED) is 0.831. The Balaban J connectivity index is 1.98. The highest BCUT2D eigenvalue weighted by atomic mass is 15.3. The van der Waals surface area contributed by atoms with Crippen LogP contribution in [0.1, 0.15) is 6.92 Å². The molecule has 4 nitrogen and oxygen atoms in total. The first-order valence-electron chi connectivity index (χ1n) is 5.93. The van der Waals surface area contributed by atoms with Gasteiger partial charge in [-0.25, -0.2) is 4.98 Å². The number of likely N-dealkylation sites (N-methyl/N-ethyl adjacent to an activating group) is 1. The van der Waals surface area contributed by atoms with Crippen LogP contribution in [0.3, 0.4) is 0 Å². The van der Waals surface area contributed by atoms with Crippen LogP contribution in [0.25, 0.3) is 0 Å². The summed E-state index contributed by atoms with van der Waals surface area (Å²) in [6, 6.07) is 4.20. The second kappa shape index (κ2) is 5.16. The van der Waals surface area contributed by atoms with Crippen LogP contribution in [-0.2, 0) is 0 Å². The van der Waals surface area contributed by atoms with Crippen molar-refractivity contribution in [3.05, 3.63) is 18.3 Å². The molecule has 0 radical (unpaired) electrons. The highest BCUT2D eigenvalue weighted by Crippen LogP contribution is 2.15. The Labute approximate surface area is 97.3 Å². The molecule has 2 heterocycles. The highest BCUT2D eigenvalue weighted by Gasteiger charge is 2.14. The minimum atomic E-state index is 0.940. The van der Waals surface area contributed by atoms with E-state index in [1.165, 1.54) is 0 Å². The third-order valence-electron chi connectivity index (χ3n) is 2.96. The SMILES string of the molecule is CCNc1ccc(N2CCN(C)CC2)nc1. The standard InChI is InChI=1S/C12H20N4/c1-3-13-11-4-5-12(14-10-11)16-8-6-15(2)7-9-16/h4-5,10,13H,3,6-9H2,1-2H3. The summed E-state index contributed by atoms with van der Waals surface area (Å²) in [5.74, 6) is 1.09. The predicted molar refractivity (Wildman–Crippen MR) is 68.1 cm³/mol. The van der Waals surface area contributed by atoms with Crippen LogP contribution in [0.5, 0.6) is 0 Å². The van der Waals surface area contributed by atoms with Crippen molar-refractivity contribution >= 4 is 11.5 Å². The van der Waals surface area contributed by atoms with Crippen molar-refractivity contribution in [1.29, 1.82) is 0 Å². The maximum atomic E-state index is 4.49. The molecule has 1 aromatic heterocycles. The van der Waals surface area contributed by atoms with Crippen molar-refractivity contribution in [2.24, 2.45) is 0 Å². The van der Waals surface area contributed by atoms with Crippen LogP contribution < -0.4 is 10.2 Å². The zero-order valence-corrected chi connectivity index (χ0v) is 10.1. The Morgan fingerprint density at radius 3 is 2.56 bits per heavy atom. The van der Waals surface area contributed by atoms with Gasteiger partial charge in [0, 0.05) is 32.7 Å². The molecule has 1 aromatic rings. The van der Waals surface area contributed by atoms with E-state index in [1.807, 2.05) is 6.20 Å². The summed E-state index contributed by atoms with van der Waals surface area (Å²) in [6.07, 6.45) is 1.91. The van der Waals surface area contributed by atoms with Crippen molar-refractivity contribution in [1.82, 2.24) is 9.88 Å². The molecule has 0 amide bonds. The second-order valence-electron chi connectivity index (χ2n) is 4.23. The minimum absolute atomic E-state index is 0.940. The number of nitrogens with zero attached hydrogens (tertiary/aromatic N) is 3. The fourth-order valence-electron chi connectivity index (χ4n) is 1.92. The second-order valence-corrected chi connectivity index (χ2v) is 4.23. The Hall–Kier alpha value is -1.29. The van der Waals surface area contributed by atoms with Gasteiger partial charge in [-0.2, -0.15) is 0 Å². The molecule has 1 fully saturated rings. The van der Waals surface area contributed by atoms with E-state index in [2.05, 4.69) is 46.2 Å². The molecule has 2 rings (SSSR count). The van der Waals surface area contributed by atoms with E-state index < -0.39 is 0 Å². The molecule has 0 saturated carbocycles. The van der Waals surface area contributed by atoms with Gasteiger partial charge in [0.15, 0.2) is 0 Å². The van der Waals surface area contributed by atoms with E-state index >= 15 is 0 Å². The largest absolute Gasteiger partial charge is 0.384 e. The van der Waals surface area contributed by atoms with Crippen molar-refractivity contribution in [3.63, 3.8) is 0 Å². The van der Waals surface area contributed by atoms with E-state index in [4.69, 9.17) is 0 Å². The molecule has 0 spiro atoms. The lowest BCUT2D eigenvalue weighted by Crippen LogP contribution is -2.44. The van der Waals surface area contributed by atoms with Gasteiger partial charge in [0.05, 0.1) is 11.9 Å². The normalized spacial score (nSPS) is 17.5. The number of anilines is 2. The number of pyridine rings is 1. The molecule has 16 heavy (non-hydrogen) atoms. The Bertz CT molecular complexity index is 314. The third kappa shape index (κ3) is 2.64. The lowest BCUT2D eigenvalue weighted by molar-refractivity contribution is 0.312. The maximum Gasteiger partial charge on any atom is 0.128 e. The molecule has 0 aliphatic carbocycles. The Kier molecular flexibility index (Phi) is 3.62. The molecular weight excluding hydrogens is 200 g/mol. The van der Waals surface area contributed by atoms with Gasteiger partial charge in [-0.1, -0.05) is 0 Å². The van der Waals surface area contributed by atoms with E-state index in [9.17, 15) is 0 Å². The zero-order valence-electron chi connectivity index (χ0n) is 10.1. The fraction of sp³-hybridized carbons (Fsp3) is 0.583. The molecule has 1 saturated heterocycles. The van der Waals surface area contributed by atoms with Gasteiger partial charge >= 0.3 is 0 Å². The first kappa shape index (κ1) is 11.2. The van der Waals surface area contributed by atoms with Gasteiger partial charge in [-0.05, 0) is 26.1 Å². The van der Waals surface area contributed by atoms with Crippen LogP contribution in [0.15, 0.2) is 18.3 Å². The average Bonchev–Trinajstić information content (AvgIpc) is 2.32. The molecule has 1 N–H and O–H groups in total. The summed E-state index contributed by atoms with van der Waals surface area (Å²) in [6.45, 7) is 7.42. The topological polar surface area (TPSA) is 31.4 Å². The van der Waals surface area contributed by atoms with E-state index in [0.717, 1.165) is 44.2 Å². The van der Waals surface area contributed by atoms with Crippen LogP contribution in [-0.4, -0.2) is 49.7 Å². The molecule has 1 aliphatic rings. The van der Waals surface area contributed by atoms with Gasteiger partial charge in [-0.15, -0.1) is 0 Å². The van der Waals surface area contributed by atoms with Crippen LogP contribution in [0.2, 0.25) is 0 Å². The number of piperazine rings is 1. The third-order valence-corrected chi connectivity index (χ3v) is 2.96. The molecule has 1 aliphatic heterocycles. The lowest BCUT2D eigenvalue weighted by atomic mass is 10.3. The Morgan fingerprint density at radius 2 is 2.00 bits per heavy atom. The number of nitrogens with one attached hydrogen (secondary N) is 1. The van der Waals surface area contributed by atoms with E-state index in [0.29, 0.717) is 0 Å². The summed E-state index contributed by atoms with van der Waals surface area (Å²) < 4.78 is 0. The lowest BCUT2D eigenvalue weighted by Gasteiger charge is -2.33. The smallest absolute Gasteiger partial charge is 0.128 e. The number of rotatable bonds is 3. The molecule has 0 aromatic carbocycles. The number of aromatic nitrogens is 1. The molecule has 88 valence electrons. The van der Waals surface area contributed by atoms with Gasteiger partial charge in [0.25, 0.3) is 0 Å². The van der Waals surface area contributed by atoms with Gasteiger partial charge < -0.3 is 15.1 Å². The molecule has 0 bridgehead atoms. The van der Waals surface area contributed by atoms with E-state index in [1.54, 1.807) is 0 Å². The summed E-state index contributed by atoms with van der Waals surface area (Å²) in [5.41, 5.74) is 1.10. The predicted octanol–water partition coefficient (Wildman–Crippen LogP) is 1.27. The van der Waals surface area contributed by atoms with Crippen molar-refractivity contribution < 1.29 is 0 Å². The number of hydrogen-bond acceptors (Lipinski definition) is 4. The monoisotopic (exact) mass is 220 g/mol. The van der Waals surface area contributed by atoms with E-state index in [-0.39, 0.29) is 0 Å². The number of hydrogen-bond donors (Lipinski definition) is 1. The molecular formula is C12H20N4. The highest BCUT2D eigenvalue weighted by molar-refractivity contribution is 5.48. The van der Waals surface area contributed by atoms with Crippen LogP contribution >= 0.6 is 0 Å². The first-order valence-corrected chi connectivity index (χ1v) is 5.93. The van der Waals surface area contributed by atoms with Gasteiger partial charge in [0.1, 0.15) is 5.82 Å². The zero-order chi connectivity index (χ0) is 11.4. The summed E-state index contributed by atoms with van der Waals surface area (Å²) in [7, 11) is 2.17.